The molecule has 0 aromatic carbocycles. The summed E-state index contributed by atoms with van der Waals surface area (Å²) in [5.41, 5.74) is 0. The van der Waals surface area contributed by atoms with Crippen molar-refractivity contribution < 1.29 is 14.4 Å². The maximum atomic E-state index is 11.0. The van der Waals surface area contributed by atoms with Crippen molar-refractivity contribution in [2.45, 2.75) is 40.0 Å². The molecule has 0 N–H and O–H groups in total. The molecule has 0 amide bonds. The van der Waals surface area contributed by atoms with E-state index in [0.717, 1.165) is 0 Å². The van der Waals surface area contributed by atoms with Gasteiger partial charge in [0.15, 0.2) is 0 Å². The minimum Gasteiger partial charge on any atom is -0.300 e. The fourth-order valence-electron chi connectivity index (χ4n) is 1.43. The monoisotopic (exact) mass is 249 g/mol. The smallest absolute Gasteiger partial charge is 0.140 e. The van der Waals surface area contributed by atoms with Crippen molar-refractivity contribution in [3.05, 3.63) is 17.5 Å². The highest BCUT2D eigenvalue weighted by atomic mass is 16.1. The predicted molar refractivity (Wildman–Crippen MR) is 63.0 cm³/mol. The van der Waals surface area contributed by atoms with Crippen molar-refractivity contribution in [3.8, 4) is 0 Å². The second-order valence-corrected chi connectivity index (χ2v) is 4.22. The van der Waals surface area contributed by atoms with E-state index < -0.39 is 0 Å². The highest BCUT2D eigenvalue weighted by molar-refractivity contribution is 5.79. The van der Waals surface area contributed by atoms with E-state index in [4.69, 9.17) is 0 Å². The van der Waals surface area contributed by atoms with Crippen molar-refractivity contribution in [2.24, 2.45) is 0 Å². The summed E-state index contributed by atoms with van der Waals surface area (Å²) in [6.07, 6.45) is 0.245. The van der Waals surface area contributed by atoms with Crippen LogP contribution in [0.3, 0.4) is 0 Å². The maximum Gasteiger partial charge on any atom is 0.140 e. The lowest BCUT2D eigenvalue weighted by Gasteiger charge is -2.04. The molecule has 1 aromatic rings. The van der Waals surface area contributed by atoms with Crippen molar-refractivity contribution in [1.82, 2.24) is 15.0 Å². The van der Waals surface area contributed by atoms with E-state index in [1.54, 1.807) is 0 Å². The Kier molecular flexibility index (Phi) is 4.76. The Hall–Kier alpha value is -1.98. The van der Waals surface area contributed by atoms with E-state index >= 15 is 0 Å². The van der Waals surface area contributed by atoms with Crippen LogP contribution in [-0.2, 0) is 33.6 Å². The third kappa shape index (κ3) is 4.90. The quantitative estimate of drug-likeness (QED) is 0.718. The van der Waals surface area contributed by atoms with Gasteiger partial charge < -0.3 is 0 Å². The standard InChI is InChI=1S/C12H15N3O3/c1-7(16)4-10-13-11(5-8(2)17)15-12(14-10)6-9(3)18/h4-6H2,1-3H3. The van der Waals surface area contributed by atoms with Gasteiger partial charge >= 0.3 is 0 Å². The highest BCUT2D eigenvalue weighted by Gasteiger charge is 2.11. The molecule has 1 aromatic heterocycles. The van der Waals surface area contributed by atoms with Crippen LogP contribution in [0, 0.1) is 0 Å². The van der Waals surface area contributed by atoms with Crippen molar-refractivity contribution in [2.75, 3.05) is 0 Å². The van der Waals surface area contributed by atoms with Crippen LogP contribution in [0.4, 0.5) is 0 Å². The van der Waals surface area contributed by atoms with E-state index in [1.165, 1.54) is 20.8 Å². The van der Waals surface area contributed by atoms with Crippen LogP contribution < -0.4 is 0 Å². The molecular formula is C12H15N3O3. The molecule has 0 unspecified atom stereocenters. The third-order valence-corrected chi connectivity index (χ3v) is 2.00. The molecule has 6 nitrogen and oxygen atoms in total. The lowest BCUT2D eigenvalue weighted by Crippen LogP contribution is -2.14. The Bertz CT molecular complexity index is 414. The van der Waals surface area contributed by atoms with Gasteiger partial charge in [-0.15, -0.1) is 0 Å². The number of Topliss-reactive ketones (excluding diaryl/α,β-unsaturated/α-hetero) is 3. The Morgan fingerprint density at radius 2 is 0.889 bits per heavy atom. The van der Waals surface area contributed by atoms with Gasteiger partial charge in [-0.2, -0.15) is 0 Å². The number of rotatable bonds is 6. The second-order valence-electron chi connectivity index (χ2n) is 4.22. The van der Waals surface area contributed by atoms with Crippen LogP contribution in [0.1, 0.15) is 38.2 Å². The number of aromatic nitrogens is 3. The average molecular weight is 249 g/mol. The lowest BCUT2D eigenvalue weighted by atomic mass is 10.2. The summed E-state index contributed by atoms with van der Waals surface area (Å²) in [6, 6.07) is 0. The fraction of sp³-hybridized carbons (Fsp3) is 0.500. The molecule has 0 bridgehead atoms. The SMILES string of the molecule is CC(=O)Cc1nc(CC(C)=O)nc(CC(C)=O)n1. The molecular weight excluding hydrogens is 234 g/mol. The van der Waals surface area contributed by atoms with Crippen molar-refractivity contribution in [3.63, 3.8) is 0 Å². The molecule has 0 radical (unpaired) electrons. The summed E-state index contributed by atoms with van der Waals surface area (Å²) in [7, 11) is 0. The van der Waals surface area contributed by atoms with Crippen molar-refractivity contribution >= 4 is 17.3 Å². The highest BCUT2D eigenvalue weighted by Crippen LogP contribution is 2.01. The summed E-state index contributed by atoms with van der Waals surface area (Å²) < 4.78 is 0. The zero-order chi connectivity index (χ0) is 13.7. The molecule has 0 fully saturated rings. The van der Waals surface area contributed by atoms with E-state index in [1.807, 2.05) is 0 Å². The van der Waals surface area contributed by atoms with E-state index in [2.05, 4.69) is 15.0 Å². The molecule has 96 valence electrons. The topological polar surface area (TPSA) is 89.9 Å². The van der Waals surface area contributed by atoms with Gasteiger partial charge in [0.1, 0.15) is 34.8 Å². The van der Waals surface area contributed by atoms with Gasteiger partial charge in [0.2, 0.25) is 0 Å². The largest absolute Gasteiger partial charge is 0.300 e. The fourth-order valence-corrected chi connectivity index (χ4v) is 1.43. The number of hydrogen-bond donors (Lipinski definition) is 0. The molecule has 18 heavy (non-hydrogen) atoms. The van der Waals surface area contributed by atoms with Crippen LogP contribution in [0.25, 0.3) is 0 Å². The normalized spacial score (nSPS) is 10.2. The number of hydrogen-bond acceptors (Lipinski definition) is 6. The zero-order valence-electron chi connectivity index (χ0n) is 10.7. The van der Waals surface area contributed by atoms with E-state index in [9.17, 15) is 14.4 Å². The Morgan fingerprint density at radius 1 is 0.667 bits per heavy atom. The molecule has 0 aliphatic rings. The van der Waals surface area contributed by atoms with Crippen LogP contribution in [-0.4, -0.2) is 32.3 Å². The van der Waals surface area contributed by atoms with Crippen LogP contribution >= 0.6 is 0 Å². The molecule has 0 aliphatic heterocycles. The van der Waals surface area contributed by atoms with Gasteiger partial charge in [0.05, 0.1) is 19.3 Å². The van der Waals surface area contributed by atoms with E-state index in [0.29, 0.717) is 17.5 Å². The van der Waals surface area contributed by atoms with Gasteiger partial charge in [-0.1, -0.05) is 0 Å². The molecule has 1 rings (SSSR count). The summed E-state index contributed by atoms with van der Waals surface area (Å²) in [5.74, 6) is 0.691. The van der Waals surface area contributed by atoms with Gasteiger partial charge in [0, 0.05) is 0 Å². The first kappa shape index (κ1) is 14.1. The minimum absolute atomic E-state index is 0.0799. The molecule has 0 saturated carbocycles. The Morgan fingerprint density at radius 3 is 1.06 bits per heavy atom. The Labute approximate surface area is 105 Å². The van der Waals surface area contributed by atoms with Crippen LogP contribution in [0.2, 0.25) is 0 Å². The summed E-state index contributed by atoms with van der Waals surface area (Å²) in [4.78, 5) is 45.3. The number of ketones is 3. The van der Waals surface area contributed by atoms with Crippen LogP contribution in [0.5, 0.6) is 0 Å². The number of carbonyl (C=O) groups is 3. The summed E-state index contributed by atoms with van der Waals surface area (Å²) >= 11 is 0. The van der Waals surface area contributed by atoms with Gasteiger partial charge in [-0.3, -0.25) is 14.4 Å². The molecule has 0 saturated heterocycles. The summed E-state index contributed by atoms with van der Waals surface area (Å²) in [6.45, 7) is 4.29. The molecule has 0 spiro atoms. The lowest BCUT2D eigenvalue weighted by molar-refractivity contribution is -0.117. The average Bonchev–Trinajstić information content (AvgIpc) is 2.12. The van der Waals surface area contributed by atoms with Crippen molar-refractivity contribution in [1.29, 1.82) is 0 Å². The first-order valence-electron chi connectivity index (χ1n) is 5.58. The second kappa shape index (κ2) is 6.09. The molecule has 1 heterocycles. The first-order chi connectivity index (χ1) is 8.36. The molecule has 6 heteroatoms. The maximum absolute atomic E-state index is 11.0. The zero-order valence-corrected chi connectivity index (χ0v) is 10.7. The number of carbonyl (C=O) groups excluding carboxylic acids is 3. The Balaban J connectivity index is 3.06. The number of nitrogens with zero attached hydrogens (tertiary/aromatic N) is 3. The van der Waals surface area contributed by atoms with Crippen LogP contribution in [0.15, 0.2) is 0 Å². The van der Waals surface area contributed by atoms with E-state index in [-0.39, 0.29) is 36.6 Å². The molecule has 0 atom stereocenters. The third-order valence-electron chi connectivity index (χ3n) is 2.00. The summed E-state index contributed by atoms with van der Waals surface area (Å²) in [5, 5.41) is 0. The van der Waals surface area contributed by atoms with Gasteiger partial charge in [0.25, 0.3) is 0 Å². The molecule has 0 aliphatic carbocycles. The minimum atomic E-state index is -0.0799. The van der Waals surface area contributed by atoms with Gasteiger partial charge in [-0.05, 0) is 20.8 Å². The van der Waals surface area contributed by atoms with Gasteiger partial charge in [-0.25, -0.2) is 15.0 Å². The first-order valence-corrected chi connectivity index (χ1v) is 5.58. The predicted octanol–water partition coefficient (Wildman–Crippen LogP) is 0.266.